The Kier molecular flexibility index (Phi) is 6.89. The molecule has 0 bridgehead atoms. The van der Waals surface area contributed by atoms with Gasteiger partial charge in [-0.1, -0.05) is 13.8 Å². The molecule has 0 aromatic heterocycles. The highest BCUT2D eigenvalue weighted by molar-refractivity contribution is 7.57. The second kappa shape index (κ2) is 6.88. The van der Waals surface area contributed by atoms with E-state index in [2.05, 4.69) is 5.32 Å². The standard InChI is InChI=1S/C12H30NO4PSi2/c1-10(2)12(13-11(3)14)18(15,16-19(4,5)6)17-20(7,8)9/h10,12H,1-9H3,(H,13,14). The van der Waals surface area contributed by atoms with E-state index in [-0.39, 0.29) is 11.8 Å². The van der Waals surface area contributed by atoms with Crippen molar-refractivity contribution in [3.05, 3.63) is 0 Å². The number of rotatable bonds is 7. The van der Waals surface area contributed by atoms with Crippen LogP contribution in [0.15, 0.2) is 0 Å². The van der Waals surface area contributed by atoms with Crippen molar-refractivity contribution in [2.24, 2.45) is 5.92 Å². The zero-order valence-corrected chi connectivity index (χ0v) is 17.1. The number of hydrogen-bond donors (Lipinski definition) is 1. The molecule has 8 heteroatoms. The lowest BCUT2D eigenvalue weighted by Gasteiger charge is -2.37. The maximum Gasteiger partial charge on any atom is 0.333 e. The molecule has 0 saturated carbocycles. The van der Waals surface area contributed by atoms with Crippen LogP contribution in [0.3, 0.4) is 0 Å². The first-order chi connectivity index (χ1) is 8.66. The molecule has 0 rings (SSSR count). The Hall–Kier alpha value is 0.0538. The average molecular weight is 340 g/mol. The molecule has 120 valence electrons. The molecule has 0 heterocycles. The van der Waals surface area contributed by atoms with E-state index in [1.807, 2.05) is 53.1 Å². The molecular formula is C12H30NO4PSi2. The fraction of sp³-hybridized carbons (Fsp3) is 0.917. The zero-order valence-electron chi connectivity index (χ0n) is 14.2. The first-order valence-electron chi connectivity index (χ1n) is 6.95. The molecule has 0 radical (unpaired) electrons. The molecule has 0 fully saturated rings. The van der Waals surface area contributed by atoms with E-state index in [0.29, 0.717) is 0 Å². The quantitative estimate of drug-likeness (QED) is 0.562. The first-order valence-corrected chi connectivity index (χ1v) is 15.4. The average Bonchev–Trinajstić information content (AvgIpc) is 2.06. The Morgan fingerprint density at radius 2 is 1.35 bits per heavy atom. The van der Waals surface area contributed by atoms with E-state index < -0.39 is 30.0 Å². The zero-order chi connectivity index (χ0) is 16.4. The Morgan fingerprint density at radius 1 is 1.00 bits per heavy atom. The highest BCUT2D eigenvalue weighted by Crippen LogP contribution is 2.58. The van der Waals surface area contributed by atoms with E-state index in [4.69, 9.17) is 8.43 Å². The van der Waals surface area contributed by atoms with Gasteiger partial charge in [-0.3, -0.25) is 9.36 Å². The van der Waals surface area contributed by atoms with Gasteiger partial charge in [0.25, 0.3) is 0 Å². The van der Waals surface area contributed by atoms with Gasteiger partial charge in [-0.15, -0.1) is 0 Å². The van der Waals surface area contributed by atoms with Crippen LogP contribution in [0.25, 0.3) is 0 Å². The summed E-state index contributed by atoms with van der Waals surface area (Å²) in [5.41, 5.74) is 0. The lowest BCUT2D eigenvalue weighted by Crippen LogP contribution is -2.42. The van der Waals surface area contributed by atoms with Crippen molar-refractivity contribution in [1.29, 1.82) is 0 Å². The fourth-order valence-electron chi connectivity index (χ4n) is 1.71. The summed E-state index contributed by atoms with van der Waals surface area (Å²) in [6.07, 6.45) is 0. The molecule has 0 aromatic rings. The predicted octanol–water partition coefficient (Wildman–Crippen LogP) is 4.00. The van der Waals surface area contributed by atoms with Crippen molar-refractivity contribution in [3.63, 3.8) is 0 Å². The number of carbonyl (C=O) groups is 1. The Labute approximate surface area is 125 Å². The van der Waals surface area contributed by atoms with Gasteiger partial charge in [0.15, 0.2) is 16.6 Å². The molecule has 5 nitrogen and oxygen atoms in total. The van der Waals surface area contributed by atoms with Gasteiger partial charge in [-0.2, -0.15) is 0 Å². The van der Waals surface area contributed by atoms with Crippen LogP contribution in [0.5, 0.6) is 0 Å². The summed E-state index contributed by atoms with van der Waals surface area (Å²) < 4.78 is 25.2. The molecule has 0 aliphatic carbocycles. The normalized spacial score (nSPS) is 15.3. The summed E-state index contributed by atoms with van der Waals surface area (Å²) in [6, 6.07) is 0. The minimum absolute atomic E-state index is 0.0302. The third-order valence-electron chi connectivity index (χ3n) is 2.13. The van der Waals surface area contributed by atoms with Crippen molar-refractivity contribution < 1.29 is 17.8 Å². The maximum absolute atomic E-state index is 13.3. The summed E-state index contributed by atoms with van der Waals surface area (Å²) in [6.45, 7) is 17.1. The minimum atomic E-state index is -3.39. The van der Waals surface area contributed by atoms with Gasteiger partial charge >= 0.3 is 7.60 Å². The van der Waals surface area contributed by atoms with Crippen molar-refractivity contribution in [2.75, 3.05) is 0 Å². The third-order valence-corrected chi connectivity index (χ3v) is 9.95. The van der Waals surface area contributed by atoms with Crippen LogP contribution < -0.4 is 5.32 Å². The predicted molar refractivity (Wildman–Crippen MR) is 88.9 cm³/mol. The molecule has 0 aliphatic heterocycles. The van der Waals surface area contributed by atoms with Gasteiger partial charge in [0.05, 0.1) is 0 Å². The smallest absolute Gasteiger partial charge is 0.333 e. The number of nitrogens with one attached hydrogen (secondary N) is 1. The van der Waals surface area contributed by atoms with Crippen LogP contribution in [-0.4, -0.2) is 28.3 Å². The van der Waals surface area contributed by atoms with E-state index >= 15 is 0 Å². The minimum Gasteiger partial charge on any atom is -0.350 e. The second-order valence-corrected chi connectivity index (χ2v) is 18.9. The summed E-state index contributed by atoms with van der Waals surface area (Å²) in [7, 11) is -7.53. The lowest BCUT2D eigenvalue weighted by atomic mass is 10.2. The van der Waals surface area contributed by atoms with Crippen molar-refractivity contribution in [3.8, 4) is 0 Å². The Balaban J connectivity index is 5.57. The van der Waals surface area contributed by atoms with Gasteiger partial charge in [0, 0.05) is 6.92 Å². The van der Waals surface area contributed by atoms with Crippen LogP contribution in [0.2, 0.25) is 39.3 Å². The highest BCUT2D eigenvalue weighted by atomic mass is 31.2. The van der Waals surface area contributed by atoms with Gasteiger partial charge in [-0.25, -0.2) is 0 Å². The molecule has 1 amide bonds. The van der Waals surface area contributed by atoms with Crippen LogP contribution >= 0.6 is 7.60 Å². The van der Waals surface area contributed by atoms with E-state index in [1.54, 1.807) is 0 Å². The van der Waals surface area contributed by atoms with Crippen molar-refractivity contribution in [1.82, 2.24) is 5.32 Å². The topological polar surface area (TPSA) is 64.6 Å². The third kappa shape index (κ3) is 7.74. The summed E-state index contributed by atoms with van der Waals surface area (Å²) in [4.78, 5) is 11.4. The molecule has 20 heavy (non-hydrogen) atoms. The lowest BCUT2D eigenvalue weighted by molar-refractivity contribution is -0.119. The van der Waals surface area contributed by atoms with Crippen LogP contribution in [0.4, 0.5) is 0 Å². The van der Waals surface area contributed by atoms with Crippen LogP contribution in [0, 0.1) is 5.92 Å². The van der Waals surface area contributed by atoms with E-state index in [9.17, 15) is 9.36 Å². The van der Waals surface area contributed by atoms with Gasteiger partial charge in [0.1, 0.15) is 5.78 Å². The monoisotopic (exact) mass is 339 g/mol. The molecule has 0 aromatic carbocycles. The fourth-order valence-corrected chi connectivity index (χ4v) is 10.3. The summed E-state index contributed by atoms with van der Waals surface area (Å²) in [5, 5.41) is 2.76. The maximum atomic E-state index is 13.3. The van der Waals surface area contributed by atoms with E-state index in [0.717, 1.165) is 0 Å². The second-order valence-electron chi connectivity index (χ2n) is 7.34. The SMILES string of the molecule is CC(=O)NC(C(C)C)P(=O)(O[Si](C)(C)C)O[Si](C)(C)C. The molecule has 1 atom stereocenters. The number of hydrogen-bond acceptors (Lipinski definition) is 4. The Morgan fingerprint density at radius 3 is 1.55 bits per heavy atom. The molecular weight excluding hydrogens is 309 g/mol. The van der Waals surface area contributed by atoms with Gasteiger partial charge in [0.2, 0.25) is 5.91 Å². The van der Waals surface area contributed by atoms with Crippen molar-refractivity contribution >= 4 is 30.1 Å². The molecule has 1 unspecified atom stereocenters. The number of amides is 1. The van der Waals surface area contributed by atoms with Gasteiger partial charge in [-0.05, 0) is 45.2 Å². The molecule has 1 N–H and O–H groups in total. The molecule has 0 saturated heterocycles. The first kappa shape index (κ1) is 20.1. The largest absolute Gasteiger partial charge is 0.350 e. The van der Waals surface area contributed by atoms with Crippen LogP contribution in [-0.2, 0) is 17.8 Å². The summed E-state index contributed by atoms with van der Waals surface area (Å²) >= 11 is 0. The number of carbonyl (C=O) groups excluding carboxylic acids is 1. The molecule has 0 spiro atoms. The van der Waals surface area contributed by atoms with Gasteiger partial charge < -0.3 is 13.7 Å². The highest BCUT2D eigenvalue weighted by Gasteiger charge is 2.44. The molecule has 0 aliphatic rings. The Bertz CT molecular complexity index is 368. The summed E-state index contributed by atoms with van der Waals surface area (Å²) in [5.74, 6) is -0.849. The van der Waals surface area contributed by atoms with Crippen molar-refractivity contribution in [2.45, 2.75) is 65.8 Å². The van der Waals surface area contributed by atoms with Crippen LogP contribution in [0.1, 0.15) is 20.8 Å². The van der Waals surface area contributed by atoms with E-state index in [1.165, 1.54) is 6.92 Å².